The fraction of sp³-hybridized carbons (Fsp3) is 0.409. The Hall–Kier alpha value is -2.93. The highest BCUT2D eigenvalue weighted by Crippen LogP contribution is 2.29. The number of benzene rings is 2. The van der Waals surface area contributed by atoms with Gasteiger partial charge in [-0.25, -0.2) is 4.79 Å². The van der Waals surface area contributed by atoms with Crippen molar-refractivity contribution in [2.75, 3.05) is 33.4 Å². The summed E-state index contributed by atoms with van der Waals surface area (Å²) in [6.45, 7) is 6.38. The minimum atomic E-state index is -0.555. The molecule has 29 heavy (non-hydrogen) atoms. The molecule has 0 saturated carbocycles. The van der Waals surface area contributed by atoms with Crippen LogP contribution in [0.25, 0.3) is 10.8 Å². The first kappa shape index (κ1) is 20.8. The zero-order valence-electron chi connectivity index (χ0n) is 17.2. The molecule has 0 aliphatic carbocycles. The van der Waals surface area contributed by atoms with Crippen LogP contribution in [0.5, 0.6) is 0 Å². The van der Waals surface area contributed by atoms with Crippen molar-refractivity contribution in [2.24, 2.45) is 0 Å². The van der Waals surface area contributed by atoms with Crippen molar-refractivity contribution in [3.05, 3.63) is 47.5 Å². The summed E-state index contributed by atoms with van der Waals surface area (Å²) in [7, 11) is 1.63. The Morgan fingerprint density at radius 2 is 1.59 bits per heavy atom. The van der Waals surface area contributed by atoms with Crippen LogP contribution in [0.15, 0.2) is 36.4 Å². The highest BCUT2D eigenvalue weighted by molar-refractivity contribution is 6.25. The van der Waals surface area contributed by atoms with E-state index in [9.17, 15) is 14.4 Å². The average molecular weight is 398 g/mol. The van der Waals surface area contributed by atoms with E-state index >= 15 is 0 Å². The summed E-state index contributed by atoms with van der Waals surface area (Å²) in [5.41, 5.74) is 0.505. The number of carbonyl (C=O) groups excluding carboxylic acids is 3. The predicted molar refractivity (Wildman–Crippen MR) is 109 cm³/mol. The van der Waals surface area contributed by atoms with Crippen LogP contribution >= 0.6 is 0 Å². The van der Waals surface area contributed by atoms with Crippen LogP contribution in [-0.4, -0.2) is 66.7 Å². The normalized spacial score (nSPS) is 13.7. The molecule has 7 heteroatoms. The number of likely N-dealkylation sites (N-methyl/N-ethyl adjacent to an activating group) is 1. The topological polar surface area (TPSA) is 76.2 Å². The van der Waals surface area contributed by atoms with Crippen molar-refractivity contribution >= 4 is 28.7 Å². The minimum absolute atomic E-state index is 0.151. The Bertz CT molecular complexity index is 897. The zero-order chi connectivity index (χ0) is 21.2. The lowest BCUT2D eigenvalue weighted by atomic mass is 9.94. The number of carbonyl (C=O) groups is 3. The Morgan fingerprint density at radius 3 is 2.14 bits per heavy atom. The van der Waals surface area contributed by atoms with Crippen molar-refractivity contribution in [1.82, 2.24) is 9.80 Å². The second-order valence-corrected chi connectivity index (χ2v) is 7.99. The standard InChI is InChI=1S/C22H26N2O5/c1-22(2,3)29-21(27)23(4)11-13-28-14-12-24-19(25)16-9-5-7-15-8-6-10-17(18(15)16)20(24)26/h5-10H,11-14H2,1-4H3. The summed E-state index contributed by atoms with van der Waals surface area (Å²) >= 11 is 0. The number of hydrogen-bond acceptors (Lipinski definition) is 5. The molecule has 0 spiro atoms. The average Bonchev–Trinajstić information content (AvgIpc) is 2.66. The van der Waals surface area contributed by atoms with Gasteiger partial charge in [-0.15, -0.1) is 0 Å². The molecular weight excluding hydrogens is 372 g/mol. The van der Waals surface area contributed by atoms with Crippen LogP contribution in [0.2, 0.25) is 0 Å². The largest absolute Gasteiger partial charge is 0.444 e. The van der Waals surface area contributed by atoms with Gasteiger partial charge >= 0.3 is 6.09 Å². The third-order valence-electron chi connectivity index (χ3n) is 4.59. The van der Waals surface area contributed by atoms with Crippen molar-refractivity contribution in [1.29, 1.82) is 0 Å². The fourth-order valence-corrected chi connectivity index (χ4v) is 3.17. The summed E-state index contributed by atoms with van der Waals surface area (Å²) in [6.07, 6.45) is -0.424. The van der Waals surface area contributed by atoms with Crippen LogP contribution in [0.4, 0.5) is 4.79 Å². The molecule has 1 aliphatic rings. The Labute approximate surface area is 170 Å². The van der Waals surface area contributed by atoms with Gasteiger partial charge in [0, 0.05) is 30.1 Å². The quantitative estimate of drug-likeness (QED) is 0.551. The fourth-order valence-electron chi connectivity index (χ4n) is 3.17. The summed E-state index contributed by atoms with van der Waals surface area (Å²) in [5, 5.41) is 1.59. The van der Waals surface area contributed by atoms with Crippen molar-refractivity contribution in [3.8, 4) is 0 Å². The van der Waals surface area contributed by atoms with E-state index in [0.29, 0.717) is 23.1 Å². The molecule has 7 nitrogen and oxygen atoms in total. The first-order valence-corrected chi connectivity index (χ1v) is 9.59. The maximum Gasteiger partial charge on any atom is 0.410 e. The smallest absolute Gasteiger partial charge is 0.410 e. The van der Waals surface area contributed by atoms with E-state index in [1.54, 1.807) is 40.0 Å². The maximum absolute atomic E-state index is 12.8. The molecule has 0 unspecified atom stereocenters. The molecule has 0 radical (unpaired) electrons. The number of nitrogens with zero attached hydrogens (tertiary/aromatic N) is 2. The van der Waals surface area contributed by atoms with Crippen LogP contribution < -0.4 is 0 Å². The lowest BCUT2D eigenvalue weighted by molar-refractivity contribution is 0.0221. The molecule has 0 bridgehead atoms. The number of hydrogen-bond donors (Lipinski definition) is 0. The van der Waals surface area contributed by atoms with E-state index in [4.69, 9.17) is 9.47 Å². The molecule has 0 aromatic heterocycles. The molecule has 0 atom stereocenters. The Morgan fingerprint density at radius 1 is 1.00 bits per heavy atom. The highest BCUT2D eigenvalue weighted by atomic mass is 16.6. The van der Waals surface area contributed by atoms with E-state index in [0.717, 1.165) is 5.39 Å². The van der Waals surface area contributed by atoms with Gasteiger partial charge in [-0.2, -0.15) is 0 Å². The van der Waals surface area contributed by atoms with E-state index < -0.39 is 11.7 Å². The van der Waals surface area contributed by atoms with E-state index in [1.807, 2.05) is 24.3 Å². The van der Waals surface area contributed by atoms with Crippen LogP contribution in [0.3, 0.4) is 0 Å². The molecule has 2 aromatic rings. The van der Waals surface area contributed by atoms with Gasteiger partial charge in [-0.3, -0.25) is 14.5 Å². The second kappa shape index (κ2) is 8.21. The molecular formula is C22H26N2O5. The minimum Gasteiger partial charge on any atom is -0.444 e. The Kier molecular flexibility index (Phi) is 5.88. The summed E-state index contributed by atoms with van der Waals surface area (Å²) < 4.78 is 10.8. The molecule has 1 aliphatic heterocycles. The van der Waals surface area contributed by atoms with Gasteiger partial charge in [-0.1, -0.05) is 24.3 Å². The van der Waals surface area contributed by atoms with Crippen LogP contribution in [0.1, 0.15) is 41.5 Å². The van der Waals surface area contributed by atoms with Crippen LogP contribution in [0, 0.1) is 0 Å². The van der Waals surface area contributed by atoms with Crippen molar-refractivity contribution in [2.45, 2.75) is 26.4 Å². The van der Waals surface area contributed by atoms with E-state index in [1.165, 1.54) is 9.80 Å². The van der Waals surface area contributed by atoms with Gasteiger partial charge in [-0.05, 0) is 38.3 Å². The third kappa shape index (κ3) is 4.56. The van der Waals surface area contributed by atoms with Gasteiger partial charge < -0.3 is 14.4 Å². The first-order valence-electron chi connectivity index (χ1n) is 9.59. The molecule has 1 heterocycles. The third-order valence-corrected chi connectivity index (χ3v) is 4.59. The van der Waals surface area contributed by atoms with Gasteiger partial charge in [0.05, 0.1) is 19.8 Å². The second-order valence-electron chi connectivity index (χ2n) is 7.99. The molecule has 0 fully saturated rings. The molecule has 2 aromatic carbocycles. The first-order chi connectivity index (χ1) is 13.7. The van der Waals surface area contributed by atoms with Gasteiger partial charge in [0.25, 0.3) is 11.8 Å². The lowest BCUT2D eigenvalue weighted by Gasteiger charge is -2.27. The molecule has 3 rings (SSSR count). The summed E-state index contributed by atoms with van der Waals surface area (Å²) in [6, 6.07) is 10.9. The number of ether oxygens (including phenoxy) is 2. The van der Waals surface area contributed by atoms with Gasteiger partial charge in [0.2, 0.25) is 0 Å². The van der Waals surface area contributed by atoms with Crippen molar-refractivity contribution in [3.63, 3.8) is 0 Å². The van der Waals surface area contributed by atoms with E-state index in [-0.39, 0.29) is 31.6 Å². The molecule has 154 valence electrons. The number of rotatable bonds is 6. The summed E-state index contributed by atoms with van der Waals surface area (Å²) in [5.74, 6) is -0.623. The number of imide groups is 1. The van der Waals surface area contributed by atoms with E-state index in [2.05, 4.69) is 0 Å². The number of amides is 3. The molecule has 3 amide bonds. The van der Waals surface area contributed by atoms with Gasteiger partial charge in [0.1, 0.15) is 5.60 Å². The maximum atomic E-state index is 12.8. The highest BCUT2D eigenvalue weighted by Gasteiger charge is 2.32. The Balaban J connectivity index is 1.54. The lowest BCUT2D eigenvalue weighted by Crippen LogP contribution is -2.42. The van der Waals surface area contributed by atoms with Gasteiger partial charge in [0.15, 0.2) is 0 Å². The summed E-state index contributed by atoms with van der Waals surface area (Å²) in [4.78, 5) is 40.1. The molecule has 0 N–H and O–H groups in total. The monoisotopic (exact) mass is 398 g/mol. The molecule has 0 saturated heterocycles. The SMILES string of the molecule is CN(CCOCCN1C(=O)c2cccc3cccc(c23)C1=O)C(=O)OC(C)(C)C. The van der Waals surface area contributed by atoms with Crippen LogP contribution in [-0.2, 0) is 9.47 Å². The zero-order valence-corrected chi connectivity index (χ0v) is 17.2. The predicted octanol–water partition coefficient (Wildman–Crippen LogP) is 3.32. The van der Waals surface area contributed by atoms with Crippen molar-refractivity contribution < 1.29 is 23.9 Å².